The number of hydrogen-bond acceptors (Lipinski definition) is 4. The van der Waals surface area contributed by atoms with E-state index >= 15 is 0 Å². The summed E-state index contributed by atoms with van der Waals surface area (Å²) >= 11 is 3.19. The smallest absolute Gasteiger partial charge is 0.226 e. The number of ether oxygens (including phenoxy) is 1. The zero-order valence-corrected chi connectivity index (χ0v) is 11.4. The van der Waals surface area contributed by atoms with Crippen LogP contribution in [-0.2, 0) is 13.0 Å². The lowest BCUT2D eigenvalue weighted by Gasteiger charge is -2.03. The zero-order valence-electron chi connectivity index (χ0n) is 9.82. The van der Waals surface area contributed by atoms with Crippen molar-refractivity contribution < 1.29 is 13.7 Å². The average Bonchev–Trinajstić information content (AvgIpc) is 2.74. The van der Waals surface area contributed by atoms with Crippen molar-refractivity contribution >= 4 is 15.9 Å². The van der Waals surface area contributed by atoms with Crippen LogP contribution in [0.15, 0.2) is 27.2 Å². The van der Waals surface area contributed by atoms with Crippen molar-refractivity contribution in [3.05, 3.63) is 40.2 Å². The van der Waals surface area contributed by atoms with Crippen LogP contribution in [0.3, 0.4) is 0 Å². The summed E-state index contributed by atoms with van der Waals surface area (Å²) in [6.45, 7) is 2.19. The van der Waals surface area contributed by atoms with Crippen LogP contribution in [0.25, 0.3) is 0 Å². The second-order valence-corrected chi connectivity index (χ2v) is 4.66. The Kier molecular flexibility index (Phi) is 4.30. The summed E-state index contributed by atoms with van der Waals surface area (Å²) in [5.41, 5.74) is 0. The van der Waals surface area contributed by atoms with Gasteiger partial charge in [-0.15, -0.1) is 0 Å². The van der Waals surface area contributed by atoms with Crippen LogP contribution in [0.2, 0.25) is 0 Å². The van der Waals surface area contributed by atoms with E-state index in [4.69, 9.17) is 9.26 Å². The second-order valence-electron chi connectivity index (χ2n) is 3.75. The molecule has 96 valence electrons. The first kappa shape index (κ1) is 13.0. The van der Waals surface area contributed by atoms with Crippen molar-refractivity contribution in [1.29, 1.82) is 0 Å². The maximum absolute atomic E-state index is 13.1. The predicted octanol–water partition coefficient (Wildman–Crippen LogP) is 3.50. The summed E-state index contributed by atoms with van der Waals surface area (Å²) in [5.74, 6) is 1.11. The third-order valence-electron chi connectivity index (χ3n) is 2.18. The first-order valence-corrected chi connectivity index (χ1v) is 6.37. The van der Waals surface area contributed by atoms with Gasteiger partial charge in [-0.25, -0.2) is 4.39 Å². The van der Waals surface area contributed by atoms with Gasteiger partial charge in [0.2, 0.25) is 11.7 Å². The monoisotopic (exact) mass is 314 g/mol. The van der Waals surface area contributed by atoms with Crippen molar-refractivity contribution in [2.45, 2.75) is 26.4 Å². The molecule has 1 aromatic heterocycles. The Morgan fingerprint density at radius 3 is 2.94 bits per heavy atom. The van der Waals surface area contributed by atoms with Gasteiger partial charge in [0.1, 0.15) is 11.6 Å². The van der Waals surface area contributed by atoms with Crippen LogP contribution in [-0.4, -0.2) is 10.1 Å². The number of aryl methyl sites for hydroxylation is 1. The number of aromatic nitrogens is 2. The largest absolute Gasteiger partial charge is 0.485 e. The van der Waals surface area contributed by atoms with Gasteiger partial charge >= 0.3 is 0 Å². The van der Waals surface area contributed by atoms with Crippen LogP contribution < -0.4 is 4.74 Å². The summed E-state index contributed by atoms with van der Waals surface area (Å²) in [6.07, 6.45) is 1.69. The van der Waals surface area contributed by atoms with Crippen molar-refractivity contribution in [1.82, 2.24) is 10.1 Å². The van der Waals surface area contributed by atoms with E-state index in [-0.39, 0.29) is 12.4 Å². The molecule has 6 heteroatoms. The fourth-order valence-electron chi connectivity index (χ4n) is 1.42. The van der Waals surface area contributed by atoms with E-state index in [2.05, 4.69) is 26.1 Å². The summed E-state index contributed by atoms with van der Waals surface area (Å²) in [4.78, 5) is 4.15. The van der Waals surface area contributed by atoms with Gasteiger partial charge in [0.05, 0.1) is 0 Å². The zero-order chi connectivity index (χ0) is 13.0. The molecule has 0 N–H and O–H groups in total. The molecule has 4 nitrogen and oxygen atoms in total. The summed E-state index contributed by atoms with van der Waals surface area (Å²) in [7, 11) is 0. The number of rotatable bonds is 5. The van der Waals surface area contributed by atoms with E-state index in [1.54, 1.807) is 6.07 Å². The molecule has 0 saturated carbocycles. The number of nitrogens with zero attached hydrogens (tertiary/aromatic N) is 2. The summed E-state index contributed by atoms with van der Waals surface area (Å²) in [6, 6.07) is 4.34. The lowest BCUT2D eigenvalue weighted by Crippen LogP contribution is -1.98. The highest BCUT2D eigenvalue weighted by Gasteiger charge is 2.07. The van der Waals surface area contributed by atoms with Crippen LogP contribution in [0.4, 0.5) is 4.39 Å². The Balaban J connectivity index is 1.97. The Bertz CT molecular complexity index is 510. The maximum Gasteiger partial charge on any atom is 0.226 e. The molecular formula is C12H12BrFN2O2. The molecule has 0 spiro atoms. The molecule has 0 unspecified atom stereocenters. The highest BCUT2D eigenvalue weighted by Crippen LogP contribution is 2.21. The Morgan fingerprint density at radius 1 is 1.39 bits per heavy atom. The molecule has 1 heterocycles. The van der Waals surface area contributed by atoms with Crippen LogP contribution in [0, 0.1) is 5.82 Å². The Labute approximate surface area is 112 Å². The van der Waals surface area contributed by atoms with E-state index in [0.717, 1.165) is 12.8 Å². The van der Waals surface area contributed by atoms with E-state index < -0.39 is 0 Å². The second kappa shape index (κ2) is 5.95. The molecule has 1 aromatic carbocycles. The van der Waals surface area contributed by atoms with Crippen molar-refractivity contribution in [2.75, 3.05) is 0 Å². The number of halogens is 2. The standard InChI is InChI=1S/C12H12BrFN2O2/c1-2-3-12-15-11(16-18-12)7-17-10-5-8(13)4-9(14)6-10/h4-6H,2-3,7H2,1H3. The fraction of sp³-hybridized carbons (Fsp3) is 0.333. The van der Waals surface area contributed by atoms with Gasteiger partial charge in [-0.1, -0.05) is 28.0 Å². The molecule has 0 bridgehead atoms. The normalized spacial score (nSPS) is 10.6. The molecule has 2 aromatic rings. The van der Waals surface area contributed by atoms with E-state index in [1.165, 1.54) is 12.1 Å². The topological polar surface area (TPSA) is 48.2 Å². The highest BCUT2D eigenvalue weighted by molar-refractivity contribution is 9.10. The molecule has 18 heavy (non-hydrogen) atoms. The van der Waals surface area contributed by atoms with Gasteiger partial charge < -0.3 is 9.26 Å². The van der Waals surface area contributed by atoms with Crippen molar-refractivity contribution in [3.8, 4) is 5.75 Å². The van der Waals surface area contributed by atoms with Gasteiger partial charge in [0, 0.05) is 17.0 Å². The molecule has 0 fully saturated rings. The minimum absolute atomic E-state index is 0.156. The van der Waals surface area contributed by atoms with Crippen molar-refractivity contribution in [3.63, 3.8) is 0 Å². The fourth-order valence-corrected chi connectivity index (χ4v) is 1.87. The summed E-state index contributed by atoms with van der Waals surface area (Å²) in [5, 5.41) is 3.78. The van der Waals surface area contributed by atoms with Crippen LogP contribution in [0.5, 0.6) is 5.75 Å². The molecule has 0 saturated heterocycles. The van der Waals surface area contributed by atoms with Gasteiger partial charge in [-0.05, 0) is 18.6 Å². The number of benzene rings is 1. The molecule has 0 radical (unpaired) electrons. The predicted molar refractivity (Wildman–Crippen MR) is 66.7 cm³/mol. The van der Waals surface area contributed by atoms with Crippen molar-refractivity contribution in [2.24, 2.45) is 0 Å². The molecule has 0 amide bonds. The van der Waals surface area contributed by atoms with Gasteiger partial charge in [-0.3, -0.25) is 0 Å². The quantitative estimate of drug-likeness (QED) is 0.847. The number of hydrogen-bond donors (Lipinski definition) is 0. The molecule has 0 aliphatic carbocycles. The molecule has 2 rings (SSSR count). The summed E-state index contributed by atoms with van der Waals surface area (Å²) < 4.78 is 24.1. The third-order valence-corrected chi connectivity index (χ3v) is 2.64. The van der Waals surface area contributed by atoms with Gasteiger partial charge in [-0.2, -0.15) is 4.98 Å². The average molecular weight is 315 g/mol. The molecule has 0 aliphatic heterocycles. The van der Waals surface area contributed by atoms with E-state index in [9.17, 15) is 4.39 Å². The maximum atomic E-state index is 13.1. The van der Waals surface area contributed by atoms with Crippen LogP contribution in [0.1, 0.15) is 25.1 Å². The van der Waals surface area contributed by atoms with Gasteiger partial charge in [0.25, 0.3) is 0 Å². The highest BCUT2D eigenvalue weighted by atomic mass is 79.9. The first-order chi connectivity index (χ1) is 8.67. The Hall–Kier alpha value is -1.43. The van der Waals surface area contributed by atoms with E-state index in [0.29, 0.717) is 21.9 Å². The lowest BCUT2D eigenvalue weighted by atomic mass is 10.3. The van der Waals surface area contributed by atoms with Gasteiger partial charge in [0.15, 0.2) is 6.61 Å². The van der Waals surface area contributed by atoms with E-state index in [1.807, 2.05) is 6.92 Å². The molecular weight excluding hydrogens is 303 g/mol. The third kappa shape index (κ3) is 3.53. The SMILES string of the molecule is CCCc1nc(COc2cc(F)cc(Br)c2)no1. The van der Waals surface area contributed by atoms with Crippen LogP contribution >= 0.6 is 15.9 Å². The Morgan fingerprint density at radius 2 is 2.22 bits per heavy atom. The molecule has 0 atom stereocenters. The first-order valence-electron chi connectivity index (χ1n) is 5.57. The lowest BCUT2D eigenvalue weighted by molar-refractivity contribution is 0.283. The minimum atomic E-state index is -0.362. The molecule has 0 aliphatic rings. The minimum Gasteiger partial charge on any atom is -0.485 e.